The van der Waals surface area contributed by atoms with Gasteiger partial charge >= 0.3 is 5.97 Å². The summed E-state index contributed by atoms with van der Waals surface area (Å²) in [5.41, 5.74) is 0.739. The highest BCUT2D eigenvalue weighted by atomic mass is 35.5. The Labute approximate surface area is 134 Å². The van der Waals surface area contributed by atoms with Crippen LogP contribution in [0.3, 0.4) is 0 Å². The Hall–Kier alpha value is -0.970. The zero-order valence-corrected chi connectivity index (χ0v) is 13.7. The number of rotatable bonds is 3. The Morgan fingerprint density at radius 1 is 1.33 bits per heavy atom. The number of hydrogen-bond acceptors (Lipinski definition) is 4. The van der Waals surface area contributed by atoms with Crippen molar-refractivity contribution >= 4 is 29.3 Å². The molecule has 2 heterocycles. The van der Waals surface area contributed by atoms with Crippen molar-refractivity contribution in [2.24, 2.45) is 0 Å². The number of likely N-dealkylation sites (N-methyl/N-ethyl adjacent to an activating group) is 1. The minimum Gasteiger partial charge on any atom is -0.466 e. The van der Waals surface area contributed by atoms with Crippen molar-refractivity contribution < 1.29 is 9.53 Å². The minimum absolute atomic E-state index is 0.128. The normalized spacial score (nSPS) is 28.8. The lowest BCUT2D eigenvalue weighted by atomic mass is 10.0. The number of hydrogen-bond donors (Lipinski definition) is 0. The lowest BCUT2D eigenvalue weighted by Gasteiger charge is -2.37. The molecule has 1 aromatic rings. The second-order valence-electron chi connectivity index (χ2n) is 5.41. The molecule has 112 valence electrons. The molecule has 0 aliphatic carbocycles. The number of methoxy groups -OCH3 is 1. The molecule has 2 bridgehead atoms. The summed E-state index contributed by atoms with van der Waals surface area (Å²) in [7, 11) is 3.48. The van der Waals surface area contributed by atoms with E-state index in [9.17, 15) is 4.79 Å². The van der Waals surface area contributed by atoms with E-state index in [4.69, 9.17) is 16.3 Å². The summed E-state index contributed by atoms with van der Waals surface area (Å²) in [5.74, 6) is -0.253. The SMILES string of the molecule is COC(=O)C1=C(Sc2ccccc2)C(Cl)C2CCC1N2C. The number of carbonyl (C=O) groups is 1. The van der Waals surface area contributed by atoms with Crippen LogP contribution in [-0.2, 0) is 9.53 Å². The Bertz CT molecular complexity index is 575. The molecular weight excluding hydrogens is 306 g/mol. The number of fused-ring (bicyclic) bond motifs is 2. The summed E-state index contributed by atoms with van der Waals surface area (Å²) in [6.45, 7) is 0. The van der Waals surface area contributed by atoms with Crippen LogP contribution in [-0.4, -0.2) is 42.5 Å². The van der Waals surface area contributed by atoms with Gasteiger partial charge in [-0.05, 0) is 32.0 Å². The summed E-state index contributed by atoms with van der Waals surface area (Å²) in [6, 6.07) is 10.5. The fourth-order valence-electron chi connectivity index (χ4n) is 3.23. The van der Waals surface area contributed by atoms with Crippen molar-refractivity contribution in [3.8, 4) is 0 Å². The molecule has 0 aromatic heterocycles. The Balaban J connectivity index is 2.02. The predicted octanol–water partition coefficient (Wildman–Crippen LogP) is 3.29. The standard InChI is InChI=1S/C16H18ClNO2S/c1-18-11-8-9-12(18)14(17)15(13(11)16(19)20-2)21-10-6-4-3-5-7-10/h3-7,11-12,14H,8-9H2,1-2H3. The molecule has 0 saturated carbocycles. The summed E-state index contributed by atoms with van der Waals surface area (Å²) in [4.78, 5) is 16.5. The molecular formula is C16H18ClNO2S. The largest absolute Gasteiger partial charge is 0.466 e. The lowest BCUT2D eigenvalue weighted by Crippen LogP contribution is -2.45. The number of halogens is 1. The van der Waals surface area contributed by atoms with Gasteiger partial charge in [-0.25, -0.2) is 4.79 Å². The summed E-state index contributed by atoms with van der Waals surface area (Å²) < 4.78 is 5.01. The van der Waals surface area contributed by atoms with Crippen LogP contribution in [0.4, 0.5) is 0 Å². The van der Waals surface area contributed by atoms with E-state index in [-0.39, 0.29) is 17.4 Å². The van der Waals surface area contributed by atoms with Gasteiger partial charge in [-0.15, -0.1) is 11.6 Å². The van der Waals surface area contributed by atoms with Crippen molar-refractivity contribution in [1.82, 2.24) is 4.90 Å². The van der Waals surface area contributed by atoms with Gasteiger partial charge in [-0.2, -0.15) is 0 Å². The predicted molar refractivity (Wildman–Crippen MR) is 85.6 cm³/mol. The molecule has 3 unspecified atom stereocenters. The number of alkyl halides is 1. The number of carbonyl (C=O) groups excluding carboxylic acids is 1. The second kappa shape index (κ2) is 6.03. The topological polar surface area (TPSA) is 29.5 Å². The van der Waals surface area contributed by atoms with E-state index in [1.165, 1.54) is 7.11 Å². The van der Waals surface area contributed by atoms with Crippen LogP contribution in [0, 0.1) is 0 Å². The van der Waals surface area contributed by atoms with Gasteiger partial charge in [0.05, 0.1) is 18.1 Å². The molecule has 3 atom stereocenters. The average Bonchev–Trinajstić information content (AvgIpc) is 2.81. The smallest absolute Gasteiger partial charge is 0.336 e. The van der Waals surface area contributed by atoms with Gasteiger partial charge in [0.1, 0.15) is 0 Å². The van der Waals surface area contributed by atoms with Gasteiger partial charge in [0.2, 0.25) is 0 Å². The zero-order valence-electron chi connectivity index (χ0n) is 12.1. The van der Waals surface area contributed by atoms with Crippen LogP contribution in [0.2, 0.25) is 0 Å². The minimum atomic E-state index is -0.253. The maximum absolute atomic E-state index is 12.3. The molecule has 21 heavy (non-hydrogen) atoms. The van der Waals surface area contributed by atoms with Gasteiger partial charge < -0.3 is 4.74 Å². The molecule has 2 aliphatic rings. The highest BCUT2D eigenvalue weighted by Gasteiger charge is 2.47. The molecule has 1 fully saturated rings. The number of benzene rings is 1. The van der Waals surface area contributed by atoms with Gasteiger partial charge in [0, 0.05) is 21.9 Å². The third-order valence-corrected chi connectivity index (χ3v) is 6.15. The fourth-order valence-corrected chi connectivity index (χ4v) is 4.93. The van der Waals surface area contributed by atoms with E-state index >= 15 is 0 Å². The van der Waals surface area contributed by atoms with E-state index < -0.39 is 0 Å². The summed E-state index contributed by atoms with van der Waals surface area (Å²) in [6.07, 6.45) is 1.99. The molecule has 3 rings (SSSR count). The maximum Gasteiger partial charge on any atom is 0.336 e. The van der Waals surface area contributed by atoms with E-state index in [2.05, 4.69) is 4.90 Å². The molecule has 0 amide bonds. The van der Waals surface area contributed by atoms with Crippen molar-refractivity contribution in [2.45, 2.75) is 35.2 Å². The molecule has 0 radical (unpaired) electrons. The van der Waals surface area contributed by atoms with Crippen LogP contribution < -0.4 is 0 Å². The molecule has 1 saturated heterocycles. The van der Waals surface area contributed by atoms with Crippen molar-refractivity contribution in [2.75, 3.05) is 14.2 Å². The Morgan fingerprint density at radius 3 is 2.71 bits per heavy atom. The van der Waals surface area contributed by atoms with Crippen molar-refractivity contribution in [3.05, 3.63) is 40.8 Å². The summed E-state index contributed by atoms with van der Waals surface area (Å²) in [5, 5.41) is -0.159. The first kappa shape index (κ1) is 14.9. The second-order valence-corrected chi connectivity index (χ2v) is 7.00. The Kier molecular flexibility index (Phi) is 4.29. The first-order valence-electron chi connectivity index (χ1n) is 7.04. The number of esters is 1. The highest BCUT2D eigenvalue weighted by Crippen LogP contribution is 2.47. The van der Waals surface area contributed by atoms with Crippen LogP contribution >= 0.6 is 23.4 Å². The molecule has 0 N–H and O–H groups in total. The average molecular weight is 324 g/mol. The van der Waals surface area contributed by atoms with Gasteiger partial charge in [-0.1, -0.05) is 30.0 Å². The number of ether oxygens (including phenoxy) is 1. The van der Waals surface area contributed by atoms with Crippen molar-refractivity contribution in [1.29, 1.82) is 0 Å². The van der Waals surface area contributed by atoms with Gasteiger partial charge in [0.25, 0.3) is 0 Å². The van der Waals surface area contributed by atoms with Gasteiger partial charge in [-0.3, -0.25) is 4.90 Å². The monoisotopic (exact) mass is 323 g/mol. The van der Waals surface area contributed by atoms with E-state index in [1.54, 1.807) is 11.8 Å². The fraction of sp³-hybridized carbons (Fsp3) is 0.438. The van der Waals surface area contributed by atoms with E-state index in [0.717, 1.165) is 28.2 Å². The highest BCUT2D eigenvalue weighted by molar-refractivity contribution is 8.03. The van der Waals surface area contributed by atoms with Crippen molar-refractivity contribution in [3.63, 3.8) is 0 Å². The third kappa shape index (κ3) is 2.60. The first-order valence-corrected chi connectivity index (χ1v) is 8.30. The zero-order chi connectivity index (χ0) is 15.0. The quantitative estimate of drug-likeness (QED) is 0.630. The number of thioether (sulfide) groups is 1. The van der Waals surface area contributed by atoms with Gasteiger partial charge in [0.15, 0.2) is 0 Å². The van der Waals surface area contributed by atoms with E-state index in [0.29, 0.717) is 6.04 Å². The maximum atomic E-state index is 12.3. The Morgan fingerprint density at radius 2 is 2.05 bits per heavy atom. The third-order valence-electron chi connectivity index (χ3n) is 4.31. The lowest BCUT2D eigenvalue weighted by molar-refractivity contribution is -0.137. The van der Waals surface area contributed by atoms with Crippen LogP contribution in [0.15, 0.2) is 45.7 Å². The molecule has 3 nitrogen and oxygen atoms in total. The molecule has 1 aromatic carbocycles. The summed E-state index contributed by atoms with van der Waals surface area (Å²) >= 11 is 8.28. The molecule has 5 heteroatoms. The van der Waals surface area contributed by atoms with E-state index in [1.807, 2.05) is 37.4 Å². The van der Waals surface area contributed by atoms with Crippen LogP contribution in [0.5, 0.6) is 0 Å². The van der Waals surface area contributed by atoms with Crippen LogP contribution in [0.25, 0.3) is 0 Å². The molecule has 0 spiro atoms. The van der Waals surface area contributed by atoms with Crippen LogP contribution in [0.1, 0.15) is 12.8 Å². The molecule has 2 aliphatic heterocycles. The number of nitrogens with zero attached hydrogens (tertiary/aromatic N) is 1. The first-order chi connectivity index (χ1) is 10.1.